The first-order chi connectivity index (χ1) is 7.03. The molecule has 0 saturated heterocycles. The Hall–Kier alpha value is -0.990. The Kier molecular flexibility index (Phi) is 4.59. The first-order valence-electron chi connectivity index (χ1n) is 5.63. The van der Waals surface area contributed by atoms with Crippen LogP contribution in [0.15, 0.2) is 0 Å². The Labute approximate surface area is 97.6 Å². The van der Waals surface area contributed by atoms with E-state index < -0.39 is 10.8 Å². The van der Waals surface area contributed by atoms with Gasteiger partial charge in [0.1, 0.15) is 5.78 Å². The molecule has 3 nitrogen and oxygen atoms in total. The maximum Gasteiger partial charge on any atom is 0.153 e. The quantitative estimate of drug-likeness (QED) is 0.677. The van der Waals surface area contributed by atoms with E-state index in [0.29, 0.717) is 6.42 Å². The number of carbonyl (C=O) groups is 3. The van der Waals surface area contributed by atoms with Crippen LogP contribution in [0.25, 0.3) is 0 Å². The highest BCUT2D eigenvalue weighted by atomic mass is 16.2. The number of Topliss-reactive ketones (excluding diaryl/α,β-unsaturated/α-hetero) is 3. The van der Waals surface area contributed by atoms with Crippen LogP contribution in [0.3, 0.4) is 0 Å². The Bertz CT molecular complexity index is 306. The molecule has 3 heteroatoms. The first kappa shape index (κ1) is 15.0. The smallest absolute Gasteiger partial charge is 0.153 e. The molecule has 0 radical (unpaired) electrons. The summed E-state index contributed by atoms with van der Waals surface area (Å²) in [6.07, 6.45) is 0.205. The van der Waals surface area contributed by atoms with E-state index in [1.807, 2.05) is 0 Å². The predicted octanol–water partition coefficient (Wildman–Crippen LogP) is 2.57. The molecule has 16 heavy (non-hydrogen) atoms. The van der Waals surface area contributed by atoms with Crippen LogP contribution in [0.2, 0.25) is 0 Å². The van der Waals surface area contributed by atoms with Crippen molar-refractivity contribution >= 4 is 17.3 Å². The molecule has 0 fully saturated rings. The Balaban J connectivity index is 4.86. The van der Waals surface area contributed by atoms with Crippen LogP contribution in [0.5, 0.6) is 0 Å². The van der Waals surface area contributed by atoms with Gasteiger partial charge < -0.3 is 0 Å². The summed E-state index contributed by atoms with van der Waals surface area (Å²) in [5, 5.41) is 0. The lowest BCUT2D eigenvalue weighted by Gasteiger charge is -2.29. The highest BCUT2D eigenvalue weighted by Gasteiger charge is 2.41. The average molecular weight is 226 g/mol. The van der Waals surface area contributed by atoms with Crippen molar-refractivity contribution in [3.8, 4) is 0 Å². The zero-order valence-electron chi connectivity index (χ0n) is 11.1. The van der Waals surface area contributed by atoms with E-state index in [1.165, 1.54) is 0 Å². The lowest BCUT2D eigenvalue weighted by atomic mass is 9.71. The van der Waals surface area contributed by atoms with E-state index in [4.69, 9.17) is 0 Å². The molecule has 0 rings (SSSR count). The fraction of sp³-hybridized carbons (Fsp3) is 0.769. The lowest BCUT2D eigenvalue weighted by Crippen LogP contribution is -2.41. The van der Waals surface area contributed by atoms with Crippen LogP contribution in [0.1, 0.15) is 54.4 Å². The summed E-state index contributed by atoms with van der Waals surface area (Å²) in [4.78, 5) is 35.2. The second-order valence-electron chi connectivity index (χ2n) is 5.70. The van der Waals surface area contributed by atoms with Crippen LogP contribution < -0.4 is 0 Å². The third-order valence-electron chi connectivity index (χ3n) is 2.70. The largest absolute Gasteiger partial charge is 0.299 e. The van der Waals surface area contributed by atoms with Crippen LogP contribution in [0, 0.1) is 10.8 Å². The minimum Gasteiger partial charge on any atom is -0.299 e. The monoisotopic (exact) mass is 226 g/mol. The van der Waals surface area contributed by atoms with Crippen LogP contribution in [-0.2, 0) is 14.4 Å². The van der Waals surface area contributed by atoms with E-state index in [9.17, 15) is 14.4 Å². The fourth-order valence-electron chi connectivity index (χ4n) is 1.59. The van der Waals surface area contributed by atoms with Crippen LogP contribution >= 0.6 is 0 Å². The average Bonchev–Trinajstić information content (AvgIpc) is 2.14. The molecule has 0 atom stereocenters. The zero-order valence-corrected chi connectivity index (χ0v) is 11.1. The third kappa shape index (κ3) is 3.54. The summed E-state index contributed by atoms with van der Waals surface area (Å²) in [7, 11) is 0. The number of rotatable bonds is 5. The van der Waals surface area contributed by atoms with Crippen molar-refractivity contribution in [2.45, 2.75) is 54.4 Å². The molecule has 0 aliphatic rings. The van der Waals surface area contributed by atoms with Crippen molar-refractivity contribution in [1.82, 2.24) is 0 Å². The van der Waals surface area contributed by atoms with Crippen molar-refractivity contribution < 1.29 is 14.4 Å². The summed E-state index contributed by atoms with van der Waals surface area (Å²) < 4.78 is 0. The van der Waals surface area contributed by atoms with E-state index >= 15 is 0 Å². The zero-order chi connectivity index (χ0) is 13.1. The van der Waals surface area contributed by atoms with E-state index in [1.54, 1.807) is 41.5 Å². The van der Waals surface area contributed by atoms with Gasteiger partial charge in [-0.1, -0.05) is 27.7 Å². The highest BCUT2D eigenvalue weighted by Crippen LogP contribution is 2.30. The lowest BCUT2D eigenvalue weighted by molar-refractivity contribution is -0.144. The van der Waals surface area contributed by atoms with Gasteiger partial charge >= 0.3 is 0 Å². The second-order valence-corrected chi connectivity index (χ2v) is 5.70. The van der Waals surface area contributed by atoms with Crippen molar-refractivity contribution in [3.05, 3.63) is 0 Å². The maximum atomic E-state index is 12.1. The molecule has 0 aromatic carbocycles. The molecule has 0 amide bonds. The number of hydrogen-bond acceptors (Lipinski definition) is 3. The van der Waals surface area contributed by atoms with Crippen LogP contribution in [0.4, 0.5) is 0 Å². The fourth-order valence-corrected chi connectivity index (χ4v) is 1.59. The summed E-state index contributed by atoms with van der Waals surface area (Å²) in [5.74, 6) is -0.507. The highest BCUT2D eigenvalue weighted by molar-refractivity contribution is 6.13. The molecular weight excluding hydrogens is 204 g/mol. The Morgan fingerprint density at radius 1 is 0.938 bits per heavy atom. The van der Waals surface area contributed by atoms with Crippen LogP contribution in [-0.4, -0.2) is 17.3 Å². The summed E-state index contributed by atoms with van der Waals surface area (Å²) >= 11 is 0. The Morgan fingerprint density at radius 3 is 1.69 bits per heavy atom. The molecule has 0 heterocycles. The van der Waals surface area contributed by atoms with Gasteiger partial charge in [0.2, 0.25) is 0 Å². The maximum absolute atomic E-state index is 12.1. The molecule has 0 aromatic heterocycles. The number of hydrogen-bond donors (Lipinski definition) is 0. The topological polar surface area (TPSA) is 51.2 Å². The molecule has 0 saturated carbocycles. The number of carbonyl (C=O) groups excluding carboxylic acids is 3. The van der Waals surface area contributed by atoms with Crippen molar-refractivity contribution in [1.29, 1.82) is 0 Å². The van der Waals surface area contributed by atoms with E-state index in [0.717, 1.165) is 0 Å². The SMILES string of the molecule is CCC(=O)CC(=O)C(C)(C)C(=O)C(C)(C)C. The van der Waals surface area contributed by atoms with Gasteiger partial charge in [0, 0.05) is 11.8 Å². The van der Waals surface area contributed by atoms with Gasteiger partial charge in [0.25, 0.3) is 0 Å². The van der Waals surface area contributed by atoms with Crippen molar-refractivity contribution in [3.63, 3.8) is 0 Å². The summed E-state index contributed by atoms with van der Waals surface area (Å²) in [5.41, 5.74) is -1.63. The van der Waals surface area contributed by atoms with Crippen molar-refractivity contribution in [2.75, 3.05) is 0 Å². The third-order valence-corrected chi connectivity index (χ3v) is 2.70. The minimum absolute atomic E-state index is 0.111. The van der Waals surface area contributed by atoms with Crippen molar-refractivity contribution in [2.24, 2.45) is 10.8 Å². The first-order valence-corrected chi connectivity index (χ1v) is 5.63. The molecule has 0 N–H and O–H groups in total. The molecule has 92 valence electrons. The summed E-state index contributed by atoms with van der Waals surface area (Å²) in [6, 6.07) is 0. The van der Waals surface area contributed by atoms with E-state index in [2.05, 4.69) is 0 Å². The van der Waals surface area contributed by atoms with Gasteiger partial charge in [-0.25, -0.2) is 0 Å². The molecule has 0 spiro atoms. The molecule has 0 bridgehead atoms. The normalized spacial score (nSPS) is 12.4. The molecular formula is C13H22O3. The Morgan fingerprint density at radius 2 is 1.38 bits per heavy atom. The second kappa shape index (κ2) is 4.89. The van der Waals surface area contributed by atoms with Gasteiger partial charge in [-0.15, -0.1) is 0 Å². The molecule has 0 aliphatic carbocycles. The van der Waals surface area contributed by atoms with Gasteiger partial charge in [-0.05, 0) is 13.8 Å². The van der Waals surface area contributed by atoms with E-state index in [-0.39, 0.29) is 23.8 Å². The van der Waals surface area contributed by atoms with Gasteiger partial charge in [-0.3, -0.25) is 14.4 Å². The summed E-state index contributed by atoms with van der Waals surface area (Å²) in [6.45, 7) is 10.3. The minimum atomic E-state index is -1.07. The number of ketones is 3. The molecule has 0 aliphatic heterocycles. The van der Waals surface area contributed by atoms with Gasteiger partial charge in [0.15, 0.2) is 11.6 Å². The standard InChI is InChI=1S/C13H22O3/c1-7-9(14)8-10(15)13(5,6)11(16)12(2,3)4/h7-8H2,1-6H3. The predicted molar refractivity (Wildman–Crippen MR) is 63.2 cm³/mol. The molecule has 0 aromatic rings. The molecule has 0 unspecified atom stereocenters. The van der Waals surface area contributed by atoms with Gasteiger partial charge in [0.05, 0.1) is 11.8 Å². The van der Waals surface area contributed by atoms with Gasteiger partial charge in [-0.2, -0.15) is 0 Å².